The lowest BCUT2D eigenvalue weighted by Crippen LogP contribution is -2.30. The first kappa shape index (κ1) is 21.9. The SMILES string of the molecule is CCOc1cccc(C(=O)NC(CC)c2nc3ccccc3n2Cc2ccc(Cl)cc2)c1. The number of halogens is 1. The Morgan fingerprint density at radius 3 is 2.59 bits per heavy atom. The number of rotatable bonds is 8. The lowest BCUT2D eigenvalue weighted by molar-refractivity contribution is 0.0932. The summed E-state index contributed by atoms with van der Waals surface area (Å²) in [5.74, 6) is 1.37. The van der Waals surface area contributed by atoms with E-state index in [9.17, 15) is 4.79 Å². The van der Waals surface area contributed by atoms with Crippen molar-refractivity contribution in [3.05, 3.63) is 94.8 Å². The van der Waals surface area contributed by atoms with Crippen molar-refractivity contribution >= 4 is 28.5 Å². The highest BCUT2D eigenvalue weighted by molar-refractivity contribution is 6.30. The summed E-state index contributed by atoms with van der Waals surface area (Å²) in [6.45, 7) is 5.16. The third-order valence-electron chi connectivity index (χ3n) is 5.37. The summed E-state index contributed by atoms with van der Waals surface area (Å²) in [5, 5.41) is 3.87. The van der Waals surface area contributed by atoms with Crippen molar-refractivity contribution in [2.75, 3.05) is 6.61 Å². The smallest absolute Gasteiger partial charge is 0.252 e. The average molecular weight is 448 g/mol. The molecule has 4 aromatic rings. The molecule has 164 valence electrons. The third kappa shape index (κ3) is 4.78. The second kappa shape index (κ2) is 9.88. The quantitative estimate of drug-likeness (QED) is 0.359. The fourth-order valence-corrected chi connectivity index (χ4v) is 3.91. The van der Waals surface area contributed by atoms with Gasteiger partial charge in [-0.3, -0.25) is 4.79 Å². The van der Waals surface area contributed by atoms with Crippen molar-refractivity contribution in [3.63, 3.8) is 0 Å². The summed E-state index contributed by atoms with van der Waals surface area (Å²) in [5.41, 5.74) is 3.62. The second-order valence-corrected chi connectivity index (χ2v) is 8.00. The molecule has 0 bridgehead atoms. The molecule has 0 saturated carbocycles. The highest BCUT2D eigenvalue weighted by Crippen LogP contribution is 2.25. The summed E-state index contributed by atoms with van der Waals surface area (Å²) in [6.07, 6.45) is 0.709. The molecule has 1 amide bonds. The Hall–Kier alpha value is -3.31. The standard InChI is InChI=1S/C26H26ClN3O2/c1-3-22(29-26(31)19-8-7-9-21(16-19)32-4-2)25-28-23-10-5-6-11-24(23)30(25)17-18-12-14-20(27)15-13-18/h5-16,22H,3-4,17H2,1-2H3,(H,29,31). The molecule has 0 aliphatic rings. The molecule has 1 unspecified atom stereocenters. The number of hydrogen-bond acceptors (Lipinski definition) is 3. The Labute approximate surface area is 193 Å². The van der Waals surface area contributed by atoms with Gasteiger partial charge in [-0.15, -0.1) is 0 Å². The summed E-state index contributed by atoms with van der Waals surface area (Å²) >= 11 is 6.06. The number of imidazole rings is 1. The maximum Gasteiger partial charge on any atom is 0.252 e. The maximum atomic E-state index is 13.0. The summed E-state index contributed by atoms with van der Waals surface area (Å²) in [6, 6.07) is 22.8. The van der Waals surface area contributed by atoms with Crippen molar-refractivity contribution in [1.29, 1.82) is 0 Å². The fraction of sp³-hybridized carbons (Fsp3) is 0.231. The first-order valence-electron chi connectivity index (χ1n) is 10.8. The normalized spacial score (nSPS) is 12.0. The molecule has 3 aromatic carbocycles. The predicted molar refractivity (Wildman–Crippen MR) is 128 cm³/mol. The molecule has 6 heteroatoms. The van der Waals surface area contributed by atoms with Crippen LogP contribution in [0.2, 0.25) is 5.02 Å². The van der Waals surface area contributed by atoms with Gasteiger partial charge < -0.3 is 14.6 Å². The summed E-state index contributed by atoms with van der Waals surface area (Å²) in [7, 11) is 0. The Balaban J connectivity index is 1.66. The topological polar surface area (TPSA) is 56.1 Å². The Kier molecular flexibility index (Phi) is 6.76. The van der Waals surface area contributed by atoms with E-state index in [1.54, 1.807) is 12.1 Å². The summed E-state index contributed by atoms with van der Waals surface area (Å²) in [4.78, 5) is 17.9. The first-order valence-corrected chi connectivity index (χ1v) is 11.2. The molecule has 1 aromatic heterocycles. The molecule has 4 rings (SSSR count). The molecule has 0 aliphatic carbocycles. The number of nitrogens with zero attached hydrogens (tertiary/aromatic N) is 2. The molecule has 32 heavy (non-hydrogen) atoms. The van der Waals surface area contributed by atoms with E-state index in [1.165, 1.54) is 0 Å². The number of carbonyl (C=O) groups excluding carboxylic acids is 1. The highest BCUT2D eigenvalue weighted by Gasteiger charge is 2.22. The molecule has 1 N–H and O–H groups in total. The van der Waals surface area contributed by atoms with Gasteiger partial charge >= 0.3 is 0 Å². The number of amides is 1. The van der Waals surface area contributed by atoms with E-state index < -0.39 is 0 Å². The minimum absolute atomic E-state index is 0.150. The zero-order chi connectivity index (χ0) is 22.5. The van der Waals surface area contributed by atoms with Crippen LogP contribution in [0.15, 0.2) is 72.8 Å². The van der Waals surface area contributed by atoms with Gasteiger partial charge in [0, 0.05) is 17.1 Å². The van der Waals surface area contributed by atoms with Gasteiger partial charge in [0.15, 0.2) is 0 Å². The molecular formula is C26H26ClN3O2. The van der Waals surface area contributed by atoms with Gasteiger partial charge in [0.2, 0.25) is 0 Å². The van der Waals surface area contributed by atoms with Gasteiger partial charge in [-0.1, -0.05) is 48.9 Å². The molecule has 0 spiro atoms. The van der Waals surface area contributed by atoms with Crippen LogP contribution in [0.1, 0.15) is 48.1 Å². The minimum Gasteiger partial charge on any atom is -0.494 e. The van der Waals surface area contributed by atoms with Crippen molar-refractivity contribution < 1.29 is 9.53 Å². The van der Waals surface area contributed by atoms with Crippen LogP contribution in [0.4, 0.5) is 0 Å². The molecule has 1 heterocycles. The third-order valence-corrected chi connectivity index (χ3v) is 5.62. The van der Waals surface area contributed by atoms with Gasteiger partial charge in [0.1, 0.15) is 11.6 Å². The van der Waals surface area contributed by atoms with Crippen LogP contribution in [0, 0.1) is 0 Å². The molecule has 0 aliphatic heterocycles. The maximum absolute atomic E-state index is 13.0. The van der Waals surface area contributed by atoms with Gasteiger partial charge in [0.05, 0.1) is 23.7 Å². The number of aromatic nitrogens is 2. The Morgan fingerprint density at radius 1 is 1.06 bits per heavy atom. The van der Waals surface area contributed by atoms with Crippen molar-refractivity contribution in [2.24, 2.45) is 0 Å². The minimum atomic E-state index is -0.238. The zero-order valence-electron chi connectivity index (χ0n) is 18.2. The van der Waals surface area contributed by atoms with E-state index in [4.69, 9.17) is 21.3 Å². The second-order valence-electron chi connectivity index (χ2n) is 7.57. The number of para-hydroxylation sites is 2. The Morgan fingerprint density at radius 2 is 1.84 bits per heavy atom. The van der Waals surface area contributed by atoms with E-state index in [0.29, 0.717) is 35.9 Å². The van der Waals surface area contributed by atoms with Crippen LogP contribution >= 0.6 is 11.6 Å². The number of carbonyl (C=O) groups is 1. The number of benzene rings is 3. The van der Waals surface area contributed by atoms with Gasteiger partial charge in [-0.2, -0.15) is 0 Å². The van der Waals surface area contributed by atoms with Crippen LogP contribution in [0.5, 0.6) is 5.75 Å². The Bertz CT molecular complexity index is 1220. The molecule has 0 fully saturated rings. The molecule has 1 atom stereocenters. The monoisotopic (exact) mass is 447 g/mol. The van der Waals surface area contributed by atoms with E-state index >= 15 is 0 Å². The lowest BCUT2D eigenvalue weighted by Gasteiger charge is -2.19. The summed E-state index contributed by atoms with van der Waals surface area (Å²) < 4.78 is 7.71. The number of hydrogen-bond donors (Lipinski definition) is 1. The fourth-order valence-electron chi connectivity index (χ4n) is 3.78. The average Bonchev–Trinajstić information content (AvgIpc) is 3.17. The molecular weight excluding hydrogens is 422 g/mol. The largest absolute Gasteiger partial charge is 0.494 e. The van der Waals surface area contributed by atoms with Gasteiger partial charge in [-0.25, -0.2) is 4.98 Å². The number of fused-ring (bicyclic) bond motifs is 1. The van der Waals surface area contributed by atoms with E-state index in [1.807, 2.05) is 68.4 Å². The van der Waals surface area contributed by atoms with E-state index in [2.05, 4.69) is 16.0 Å². The van der Waals surface area contributed by atoms with Crippen LogP contribution < -0.4 is 10.1 Å². The van der Waals surface area contributed by atoms with E-state index in [-0.39, 0.29) is 11.9 Å². The number of ether oxygens (including phenoxy) is 1. The predicted octanol–water partition coefficient (Wildman–Crippen LogP) is 6.02. The van der Waals surface area contributed by atoms with Crippen LogP contribution in [-0.4, -0.2) is 22.1 Å². The molecule has 5 nitrogen and oxygen atoms in total. The van der Waals surface area contributed by atoms with Crippen LogP contribution in [0.3, 0.4) is 0 Å². The van der Waals surface area contributed by atoms with Crippen LogP contribution in [0.25, 0.3) is 11.0 Å². The van der Waals surface area contributed by atoms with Crippen molar-refractivity contribution in [1.82, 2.24) is 14.9 Å². The molecule has 0 saturated heterocycles. The molecule has 0 radical (unpaired) electrons. The van der Waals surface area contributed by atoms with Gasteiger partial charge in [0.25, 0.3) is 5.91 Å². The zero-order valence-corrected chi connectivity index (χ0v) is 19.0. The number of nitrogens with one attached hydrogen (secondary N) is 1. The van der Waals surface area contributed by atoms with Crippen molar-refractivity contribution in [2.45, 2.75) is 32.9 Å². The van der Waals surface area contributed by atoms with Crippen LogP contribution in [-0.2, 0) is 6.54 Å². The first-order chi connectivity index (χ1) is 15.6. The lowest BCUT2D eigenvalue weighted by atomic mass is 10.1. The van der Waals surface area contributed by atoms with Gasteiger partial charge in [-0.05, 0) is 61.4 Å². The van der Waals surface area contributed by atoms with E-state index in [0.717, 1.165) is 22.4 Å². The highest BCUT2D eigenvalue weighted by atomic mass is 35.5. The van der Waals surface area contributed by atoms with Crippen molar-refractivity contribution in [3.8, 4) is 5.75 Å².